The Hall–Kier alpha value is -1.22. The third kappa shape index (κ3) is 6.50. The number of para-hydroxylation sites is 2. The number of rotatable bonds is 7. The third-order valence-electron chi connectivity index (χ3n) is 4.39. The second kappa shape index (κ2) is 10.8. The van der Waals surface area contributed by atoms with E-state index < -0.39 is 0 Å². The summed E-state index contributed by atoms with van der Waals surface area (Å²) in [6, 6.07) is 8.47. The highest BCUT2D eigenvalue weighted by Crippen LogP contribution is 2.30. The van der Waals surface area contributed by atoms with Crippen LogP contribution in [0, 0.1) is 5.41 Å². The summed E-state index contributed by atoms with van der Waals surface area (Å²) in [4.78, 5) is 6.99. The van der Waals surface area contributed by atoms with Gasteiger partial charge in [-0.2, -0.15) is 0 Å². The Morgan fingerprint density at radius 3 is 2.77 bits per heavy atom. The number of nitrogens with one attached hydrogen (secondary N) is 2. The Bertz CT molecular complexity index is 580. The van der Waals surface area contributed by atoms with Crippen molar-refractivity contribution in [1.82, 2.24) is 10.6 Å². The van der Waals surface area contributed by atoms with Gasteiger partial charge in [0.1, 0.15) is 5.75 Å². The van der Waals surface area contributed by atoms with Gasteiger partial charge in [0, 0.05) is 37.7 Å². The van der Waals surface area contributed by atoms with Gasteiger partial charge in [0.25, 0.3) is 0 Å². The normalized spacial score (nSPS) is 17.7. The van der Waals surface area contributed by atoms with Gasteiger partial charge in [0.15, 0.2) is 5.96 Å². The van der Waals surface area contributed by atoms with E-state index in [9.17, 15) is 5.11 Å². The van der Waals surface area contributed by atoms with Crippen molar-refractivity contribution < 1.29 is 9.84 Å². The number of ether oxygens (including phenoxy) is 1. The van der Waals surface area contributed by atoms with Crippen molar-refractivity contribution in [2.45, 2.75) is 33.2 Å². The second-order valence-corrected chi connectivity index (χ2v) is 7.27. The van der Waals surface area contributed by atoms with Gasteiger partial charge in [0.05, 0.1) is 19.3 Å². The fourth-order valence-corrected chi connectivity index (χ4v) is 2.84. The van der Waals surface area contributed by atoms with Crippen LogP contribution in [0.1, 0.15) is 27.2 Å². The number of hydrogen-bond donors (Lipinski definition) is 3. The Kier molecular flexibility index (Phi) is 9.49. The van der Waals surface area contributed by atoms with Gasteiger partial charge in [-0.1, -0.05) is 26.0 Å². The van der Waals surface area contributed by atoms with Gasteiger partial charge in [-0.05, 0) is 25.5 Å². The van der Waals surface area contributed by atoms with Gasteiger partial charge in [-0.25, -0.2) is 0 Å². The molecule has 1 aliphatic rings. The average molecular weight is 476 g/mol. The average Bonchev–Trinajstić information content (AvgIpc) is 3.08. The van der Waals surface area contributed by atoms with Crippen molar-refractivity contribution >= 4 is 35.6 Å². The zero-order valence-electron chi connectivity index (χ0n) is 16.3. The van der Waals surface area contributed by atoms with E-state index in [0.717, 1.165) is 43.5 Å². The lowest BCUT2D eigenvalue weighted by Gasteiger charge is -2.23. The van der Waals surface area contributed by atoms with Crippen molar-refractivity contribution in [3.8, 4) is 5.75 Å². The summed E-state index contributed by atoms with van der Waals surface area (Å²) < 4.78 is 5.48. The number of methoxy groups -OCH3 is 1. The minimum absolute atomic E-state index is 0. The molecular weight excluding hydrogens is 443 g/mol. The van der Waals surface area contributed by atoms with Crippen molar-refractivity contribution in [3.63, 3.8) is 0 Å². The van der Waals surface area contributed by atoms with Crippen LogP contribution in [0.5, 0.6) is 5.75 Å². The number of aliphatic hydroxyl groups is 1. The predicted molar refractivity (Wildman–Crippen MR) is 119 cm³/mol. The van der Waals surface area contributed by atoms with Crippen LogP contribution >= 0.6 is 24.0 Å². The van der Waals surface area contributed by atoms with Gasteiger partial charge >= 0.3 is 0 Å². The zero-order valence-corrected chi connectivity index (χ0v) is 18.6. The van der Waals surface area contributed by atoms with Gasteiger partial charge in [-0.3, -0.25) is 4.99 Å². The minimum Gasteiger partial charge on any atom is -0.495 e. The molecule has 1 saturated heterocycles. The molecule has 1 heterocycles. The van der Waals surface area contributed by atoms with Crippen LogP contribution in [-0.4, -0.2) is 57.0 Å². The molecule has 0 spiro atoms. The van der Waals surface area contributed by atoms with Gasteiger partial charge in [-0.15, -0.1) is 24.0 Å². The molecular formula is C19H33IN4O2. The van der Waals surface area contributed by atoms with Crippen molar-refractivity contribution in [1.29, 1.82) is 0 Å². The lowest BCUT2D eigenvalue weighted by Crippen LogP contribution is -2.45. The summed E-state index contributed by atoms with van der Waals surface area (Å²) in [5.74, 6) is 1.73. The topological polar surface area (TPSA) is 69.1 Å². The molecule has 1 fully saturated rings. The van der Waals surface area contributed by atoms with Crippen molar-refractivity contribution in [3.05, 3.63) is 24.3 Å². The Labute approximate surface area is 174 Å². The first-order chi connectivity index (χ1) is 12.0. The molecule has 26 heavy (non-hydrogen) atoms. The number of halogens is 1. The maximum Gasteiger partial charge on any atom is 0.191 e. The van der Waals surface area contributed by atoms with Crippen LogP contribution in [0.2, 0.25) is 0 Å². The molecule has 1 atom stereocenters. The third-order valence-corrected chi connectivity index (χ3v) is 4.39. The molecule has 1 aromatic rings. The van der Waals surface area contributed by atoms with E-state index in [1.54, 1.807) is 7.11 Å². The highest BCUT2D eigenvalue weighted by Gasteiger charge is 2.25. The van der Waals surface area contributed by atoms with Crippen LogP contribution < -0.4 is 20.3 Å². The van der Waals surface area contributed by atoms with E-state index in [0.29, 0.717) is 12.6 Å². The first kappa shape index (κ1) is 22.8. The molecule has 0 amide bonds. The van der Waals surface area contributed by atoms with E-state index in [1.807, 2.05) is 32.0 Å². The first-order valence-electron chi connectivity index (χ1n) is 9.02. The Balaban J connectivity index is 0.00000338. The van der Waals surface area contributed by atoms with Crippen molar-refractivity contribution in [2.75, 3.05) is 44.8 Å². The zero-order chi connectivity index (χ0) is 18.3. The predicted octanol–water partition coefficient (Wildman–Crippen LogP) is 2.47. The molecule has 0 bridgehead atoms. The molecule has 1 aromatic carbocycles. The monoisotopic (exact) mass is 476 g/mol. The highest BCUT2D eigenvalue weighted by atomic mass is 127. The smallest absolute Gasteiger partial charge is 0.191 e. The standard InChI is InChI=1S/C19H32N4O2.HI/c1-5-20-18(21-13-19(2,3)14-24)22-15-10-11-23(12-15)16-8-6-7-9-17(16)25-4;/h6-9,15,24H,5,10-14H2,1-4H3,(H2,20,21,22);1H. The molecule has 2 rings (SSSR count). The van der Waals surface area contributed by atoms with Crippen LogP contribution in [0.25, 0.3) is 0 Å². The largest absolute Gasteiger partial charge is 0.495 e. The number of nitrogens with zero attached hydrogens (tertiary/aromatic N) is 2. The number of aliphatic hydroxyl groups excluding tert-OH is 1. The molecule has 0 radical (unpaired) electrons. The summed E-state index contributed by atoms with van der Waals surface area (Å²) >= 11 is 0. The SMILES string of the molecule is CCNC(=NCC(C)(C)CO)NC1CCN(c2ccccc2OC)C1.I. The number of guanidine groups is 1. The highest BCUT2D eigenvalue weighted by molar-refractivity contribution is 14.0. The van der Waals surface area contributed by atoms with Crippen LogP contribution in [0.3, 0.4) is 0 Å². The summed E-state index contributed by atoms with van der Waals surface area (Å²) in [5.41, 5.74) is 0.930. The fraction of sp³-hybridized carbons (Fsp3) is 0.632. The van der Waals surface area contributed by atoms with E-state index in [4.69, 9.17) is 4.74 Å². The second-order valence-electron chi connectivity index (χ2n) is 7.27. The first-order valence-corrected chi connectivity index (χ1v) is 9.02. The summed E-state index contributed by atoms with van der Waals surface area (Å²) in [6.45, 7) is 9.51. The number of anilines is 1. The summed E-state index contributed by atoms with van der Waals surface area (Å²) in [5, 5.41) is 16.2. The van der Waals surface area contributed by atoms with Crippen LogP contribution in [0.4, 0.5) is 5.69 Å². The van der Waals surface area contributed by atoms with E-state index in [2.05, 4.69) is 33.5 Å². The molecule has 148 valence electrons. The van der Waals surface area contributed by atoms with E-state index in [1.165, 1.54) is 0 Å². The summed E-state index contributed by atoms with van der Waals surface area (Å²) in [7, 11) is 1.71. The van der Waals surface area contributed by atoms with Gasteiger partial charge < -0.3 is 25.4 Å². The van der Waals surface area contributed by atoms with E-state index in [-0.39, 0.29) is 36.0 Å². The van der Waals surface area contributed by atoms with E-state index >= 15 is 0 Å². The maximum absolute atomic E-state index is 9.40. The maximum atomic E-state index is 9.40. The Morgan fingerprint density at radius 1 is 1.38 bits per heavy atom. The number of benzene rings is 1. The molecule has 0 aromatic heterocycles. The quantitative estimate of drug-likeness (QED) is 0.321. The lowest BCUT2D eigenvalue weighted by molar-refractivity contribution is 0.167. The van der Waals surface area contributed by atoms with Crippen LogP contribution in [0.15, 0.2) is 29.3 Å². The number of aliphatic imine (C=N–C) groups is 1. The van der Waals surface area contributed by atoms with Crippen molar-refractivity contribution in [2.24, 2.45) is 10.4 Å². The molecule has 1 unspecified atom stereocenters. The fourth-order valence-electron chi connectivity index (χ4n) is 2.84. The number of hydrogen-bond acceptors (Lipinski definition) is 4. The molecule has 0 saturated carbocycles. The molecule has 1 aliphatic heterocycles. The van der Waals surface area contributed by atoms with Gasteiger partial charge in [0.2, 0.25) is 0 Å². The molecule has 7 heteroatoms. The summed E-state index contributed by atoms with van der Waals surface area (Å²) in [6.07, 6.45) is 1.05. The molecule has 3 N–H and O–H groups in total. The molecule has 0 aliphatic carbocycles. The molecule has 6 nitrogen and oxygen atoms in total. The lowest BCUT2D eigenvalue weighted by atomic mass is 9.95. The van der Waals surface area contributed by atoms with Crippen LogP contribution in [-0.2, 0) is 0 Å². The minimum atomic E-state index is -0.207. The Morgan fingerprint density at radius 2 is 2.12 bits per heavy atom.